The number of aryl methyl sites for hydroxylation is 1. The number of ether oxygens (including phenoxy) is 1. The summed E-state index contributed by atoms with van der Waals surface area (Å²) in [5.41, 5.74) is 1.01. The maximum atomic E-state index is 5.26. The molecule has 19 heavy (non-hydrogen) atoms. The van der Waals surface area contributed by atoms with Crippen molar-refractivity contribution in [2.75, 3.05) is 7.11 Å². The number of tetrazole rings is 1. The molecule has 3 rings (SSSR count). The van der Waals surface area contributed by atoms with Crippen LogP contribution < -0.4 is 4.74 Å². The zero-order valence-electron chi connectivity index (χ0n) is 10.7. The maximum absolute atomic E-state index is 5.26. The van der Waals surface area contributed by atoms with Gasteiger partial charge in [-0.05, 0) is 41.3 Å². The topological polar surface area (TPSA) is 65.7 Å². The molecule has 0 amide bonds. The van der Waals surface area contributed by atoms with Gasteiger partial charge < -0.3 is 4.74 Å². The van der Waals surface area contributed by atoms with Crippen LogP contribution in [0.5, 0.6) is 5.75 Å². The van der Waals surface area contributed by atoms with Gasteiger partial charge in [0.05, 0.1) is 12.8 Å². The highest BCUT2D eigenvalue weighted by Crippen LogP contribution is 2.24. The molecule has 0 radical (unpaired) electrons. The van der Waals surface area contributed by atoms with Crippen LogP contribution >= 0.6 is 0 Å². The number of benzene rings is 1. The van der Waals surface area contributed by atoms with E-state index in [0.717, 1.165) is 28.6 Å². The van der Waals surface area contributed by atoms with E-state index in [2.05, 4.69) is 27.3 Å². The van der Waals surface area contributed by atoms with Crippen molar-refractivity contribution in [1.29, 1.82) is 0 Å². The second-order valence-corrected chi connectivity index (χ2v) is 4.09. The van der Waals surface area contributed by atoms with E-state index in [1.807, 2.05) is 24.3 Å². The Kier molecular flexibility index (Phi) is 2.83. The van der Waals surface area contributed by atoms with Gasteiger partial charge in [-0.2, -0.15) is 0 Å². The normalized spacial score (nSPS) is 10.8. The van der Waals surface area contributed by atoms with Gasteiger partial charge in [0.15, 0.2) is 12.1 Å². The van der Waals surface area contributed by atoms with Crippen molar-refractivity contribution in [3.05, 3.63) is 36.3 Å². The van der Waals surface area contributed by atoms with Crippen LogP contribution in [0.1, 0.15) is 12.6 Å². The number of nitrogens with zero attached hydrogens (tertiary/aromatic N) is 5. The first-order valence-electron chi connectivity index (χ1n) is 6.03. The zero-order chi connectivity index (χ0) is 13.2. The largest absolute Gasteiger partial charge is 0.497 e. The highest BCUT2D eigenvalue weighted by molar-refractivity contribution is 5.87. The molecule has 96 valence electrons. The summed E-state index contributed by atoms with van der Waals surface area (Å²) in [6.07, 6.45) is 2.23. The van der Waals surface area contributed by atoms with Gasteiger partial charge in [-0.3, -0.25) is 0 Å². The highest BCUT2D eigenvalue weighted by Gasteiger charge is 2.08. The third-order valence-corrected chi connectivity index (χ3v) is 2.99. The van der Waals surface area contributed by atoms with E-state index in [1.54, 1.807) is 7.11 Å². The summed E-state index contributed by atoms with van der Waals surface area (Å²) in [6, 6.07) is 7.88. The van der Waals surface area contributed by atoms with Gasteiger partial charge in [0, 0.05) is 5.39 Å². The van der Waals surface area contributed by atoms with E-state index in [1.165, 1.54) is 11.1 Å². The lowest BCUT2D eigenvalue weighted by atomic mass is 10.1. The van der Waals surface area contributed by atoms with Gasteiger partial charge in [-0.15, -0.1) is 15.0 Å². The maximum Gasteiger partial charge on any atom is 0.177 e. The summed E-state index contributed by atoms with van der Waals surface area (Å²) >= 11 is 0. The Bertz CT molecular complexity index is 708. The number of pyridine rings is 1. The fourth-order valence-corrected chi connectivity index (χ4v) is 2.06. The van der Waals surface area contributed by atoms with Gasteiger partial charge in [0.25, 0.3) is 0 Å². The number of aromatic nitrogens is 5. The Balaban J connectivity index is 2.25. The molecule has 0 atom stereocenters. The van der Waals surface area contributed by atoms with E-state index in [-0.39, 0.29) is 0 Å². The monoisotopic (exact) mass is 255 g/mol. The van der Waals surface area contributed by atoms with Gasteiger partial charge >= 0.3 is 0 Å². The molecule has 3 aromatic rings. The Morgan fingerprint density at radius 1 is 1.26 bits per heavy atom. The number of hydrogen-bond donors (Lipinski definition) is 0. The van der Waals surface area contributed by atoms with Crippen molar-refractivity contribution in [2.24, 2.45) is 0 Å². The molecule has 0 spiro atoms. The molecule has 0 bridgehead atoms. The summed E-state index contributed by atoms with van der Waals surface area (Å²) in [7, 11) is 1.66. The Morgan fingerprint density at radius 3 is 2.84 bits per heavy atom. The molecule has 2 heterocycles. The predicted molar refractivity (Wildman–Crippen MR) is 70.4 cm³/mol. The summed E-state index contributed by atoms with van der Waals surface area (Å²) in [6.45, 7) is 2.07. The molecular formula is C13H13N5O. The minimum atomic E-state index is 0.662. The van der Waals surface area contributed by atoms with E-state index in [0.29, 0.717) is 5.82 Å². The lowest BCUT2D eigenvalue weighted by molar-refractivity contribution is 0.415. The fraction of sp³-hybridized carbons (Fsp3) is 0.231. The molecule has 0 N–H and O–H groups in total. The lowest BCUT2D eigenvalue weighted by Crippen LogP contribution is -2.04. The molecule has 0 aliphatic carbocycles. The molecule has 2 aromatic heterocycles. The Labute approximate surface area is 110 Å². The first-order valence-corrected chi connectivity index (χ1v) is 6.03. The van der Waals surface area contributed by atoms with Crippen molar-refractivity contribution in [3.63, 3.8) is 0 Å². The quantitative estimate of drug-likeness (QED) is 0.713. The van der Waals surface area contributed by atoms with Crippen LogP contribution in [-0.4, -0.2) is 32.3 Å². The van der Waals surface area contributed by atoms with Crippen LogP contribution in [-0.2, 0) is 6.42 Å². The van der Waals surface area contributed by atoms with Crippen LogP contribution in [0.3, 0.4) is 0 Å². The van der Waals surface area contributed by atoms with Crippen molar-refractivity contribution >= 4 is 10.8 Å². The number of fused-ring (bicyclic) bond motifs is 1. The Morgan fingerprint density at radius 2 is 2.16 bits per heavy atom. The predicted octanol–water partition coefficient (Wildman–Crippen LogP) is 1.78. The molecule has 0 unspecified atom stereocenters. The average molecular weight is 255 g/mol. The van der Waals surface area contributed by atoms with E-state index in [4.69, 9.17) is 4.74 Å². The summed E-state index contributed by atoms with van der Waals surface area (Å²) < 4.78 is 5.26. The highest BCUT2D eigenvalue weighted by atomic mass is 16.5. The van der Waals surface area contributed by atoms with Crippen molar-refractivity contribution in [3.8, 4) is 11.6 Å². The molecule has 0 saturated heterocycles. The number of rotatable bonds is 3. The fourth-order valence-electron chi connectivity index (χ4n) is 2.06. The van der Waals surface area contributed by atoms with Crippen molar-refractivity contribution in [2.45, 2.75) is 13.3 Å². The SMILES string of the molecule is CCc1nc(-n2ncnn2)cc2cc(OC)ccc12. The van der Waals surface area contributed by atoms with E-state index < -0.39 is 0 Å². The zero-order valence-corrected chi connectivity index (χ0v) is 10.7. The van der Waals surface area contributed by atoms with E-state index >= 15 is 0 Å². The third kappa shape index (κ3) is 2.01. The van der Waals surface area contributed by atoms with Crippen LogP contribution in [0.15, 0.2) is 30.6 Å². The molecule has 0 aliphatic heterocycles. The van der Waals surface area contributed by atoms with Gasteiger partial charge in [-0.25, -0.2) is 4.98 Å². The first kappa shape index (κ1) is 11.6. The minimum Gasteiger partial charge on any atom is -0.497 e. The molecule has 6 nitrogen and oxygen atoms in total. The van der Waals surface area contributed by atoms with E-state index in [9.17, 15) is 0 Å². The molecular weight excluding hydrogens is 242 g/mol. The summed E-state index contributed by atoms with van der Waals surface area (Å²) in [4.78, 5) is 5.99. The minimum absolute atomic E-state index is 0.662. The average Bonchev–Trinajstić information content (AvgIpc) is 2.99. The lowest BCUT2D eigenvalue weighted by Gasteiger charge is -2.08. The number of methoxy groups -OCH3 is 1. The smallest absolute Gasteiger partial charge is 0.177 e. The standard InChI is InChI=1S/C13H13N5O/c1-3-12-11-5-4-10(19-2)6-9(11)7-13(16-12)18-15-8-14-17-18/h4-8H,3H2,1-2H3. The van der Waals surface area contributed by atoms with Crippen LogP contribution in [0.25, 0.3) is 16.6 Å². The Hall–Kier alpha value is -2.50. The third-order valence-electron chi connectivity index (χ3n) is 2.99. The van der Waals surface area contributed by atoms with Crippen LogP contribution in [0, 0.1) is 0 Å². The summed E-state index contributed by atoms with van der Waals surface area (Å²) in [5.74, 6) is 1.48. The molecule has 6 heteroatoms. The van der Waals surface area contributed by atoms with Gasteiger partial charge in [0.1, 0.15) is 5.75 Å². The molecule has 0 saturated carbocycles. The first-order chi connectivity index (χ1) is 9.31. The number of hydrogen-bond acceptors (Lipinski definition) is 5. The van der Waals surface area contributed by atoms with Crippen LogP contribution in [0.4, 0.5) is 0 Å². The summed E-state index contributed by atoms with van der Waals surface area (Å²) in [5, 5.41) is 13.8. The molecule has 1 aromatic carbocycles. The molecule has 0 fully saturated rings. The van der Waals surface area contributed by atoms with Crippen molar-refractivity contribution in [1.82, 2.24) is 25.2 Å². The second kappa shape index (κ2) is 4.64. The van der Waals surface area contributed by atoms with Gasteiger partial charge in [0.2, 0.25) is 0 Å². The molecule has 0 aliphatic rings. The van der Waals surface area contributed by atoms with Gasteiger partial charge in [-0.1, -0.05) is 6.92 Å². The van der Waals surface area contributed by atoms with Crippen molar-refractivity contribution < 1.29 is 4.74 Å². The van der Waals surface area contributed by atoms with Crippen LogP contribution in [0.2, 0.25) is 0 Å². The second-order valence-electron chi connectivity index (χ2n) is 4.09.